The third-order valence-corrected chi connectivity index (χ3v) is 5.74. The van der Waals surface area contributed by atoms with Crippen molar-refractivity contribution < 1.29 is 14.2 Å². The van der Waals surface area contributed by atoms with Gasteiger partial charge in [-0.05, 0) is 30.3 Å². The van der Waals surface area contributed by atoms with Gasteiger partial charge in [0.2, 0.25) is 0 Å². The van der Waals surface area contributed by atoms with Crippen LogP contribution >= 0.6 is 23.1 Å². The third kappa shape index (κ3) is 3.75. The molecule has 1 aliphatic rings. The van der Waals surface area contributed by atoms with Crippen molar-refractivity contribution in [3.05, 3.63) is 53.5 Å². The van der Waals surface area contributed by atoms with Gasteiger partial charge in [0, 0.05) is 21.6 Å². The van der Waals surface area contributed by atoms with Crippen LogP contribution in [0.15, 0.2) is 52.7 Å². The molecule has 0 fully saturated rings. The van der Waals surface area contributed by atoms with Gasteiger partial charge in [-0.3, -0.25) is 0 Å². The molecule has 2 heterocycles. The molecule has 25 heavy (non-hydrogen) atoms. The third-order valence-electron chi connectivity index (χ3n) is 3.77. The predicted octanol–water partition coefficient (Wildman–Crippen LogP) is 4.88. The molecule has 0 N–H and O–H groups in total. The van der Waals surface area contributed by atoms with Crippen molar-refractivity contribution in [1.82, 2.24) is 4.98 Å². The molecule has 1 aliphatic heterocycles. The molecular weight excluding hydrogens is 354 g/mol. The van der Waals surface area contributed by atoms with E-state index in [1.54, 1.807) is 30.2 Å². The van der Waals surface area contributed by atoms with Crippen molar-refractivity contribution in [3.63, 3.8) is 0 Å². The van der Waals surface area contributed by atoms with Crippen molar-refractivity contribution in [1.29, 1.82) is 0 Å². The van der Waals surface area contributed by atoms with Gasteiger partial charge in [-0.1, -0.05) is 12.1 Å². The Morgan fingerprint density at radius 3 is 2.88 bits per heavy atom. The van der Waals surface area contributed by atoms with Crippen molar-refractivity contribution >= 4 is 23.1 Å². The summed E-state index contributed by atoms with van der Waals surface area (Å²) in [6, 6.07) is 14.1. The fourth-order valence-electron chi connectivity index (χ4n) is 2.53. The van der Waals surface area contributed by atoms with E-state index in [1.165, 1.54) is 0 Å². The van der Waals surface area contributed by atoms with E-state index in [-0.39, 0.29) is 0 Å². The monoisotopic (exact) mass is 371 g/mol. The van der Waals surface area contributed by atoms with E-state index in [0.717, 1.165) is 44.2 Å². The number of benzene rings is 2. The Morgan fingerprint density at radius 2 is 2.00 bits per heavy atom. The number of aromatic nitrogens is 1. The topological polar surface area (TPSA) is 40.6 Å². The number of nitrogens with zero attached hydrogens (tertiary/aromatic N) is 1. The minimum Gasteiger partial charge on any atom is -0.497 e. The molecule has 2 aromatic carbocycles. The zero-order valence-corrected chi connectivity index (χ0v) is 15.4. The molecule has 0 bridgehead atoms. The van der Waals surface area contributed by atoms with E-state index < -0.39 is 0 Å². The van der Waals surface area contributed by atoms with E-state index in [9.17, 15) is 0 Å². The molecule has 3 aromatic rings. The summed E-state index contributed by atoms with van der Waals surface area (Å²) in [4.78, 5) is 5.90. The molecule has 128 valence electrons. The van der Waals surface area contributed by atoms with Gasteiger partial charge in [0.25, 0.3) is 0 Å². The average Bonchev–Trinajstić information content (AvgIpc) is 3.15. The van der Waals surface area contributed by atoms with Gasteiger partial charge in [0.05, 0.1) is 12.8 Å². The molecule has 0 aliphatic carbocycles. The molecule has 4 nitrogen and oxygen atoms in total. The molecular formula is C19H17NO3S2. The molecule has 0 saturated heterocycles. The average molecular weight is 371 g/mol. The smallest absolute Gasteiger partial charge is 0.162 e. The lowest BCUT2D eigenvalue weighted by Crippen LogP contribution is -2.15. The highest BCUT2D eigenvalue weighted by Gasteiger charge is 2.12. The van der Waals surface area contributed by atoms with Crippen LogP contribution in [0.4, 0.5) is 0 Å². The van der Waals surface area contributed by atoms with Crippen LogP contribution in [0, 0.1) is 0 Å². The number of methoxy groups -OCH3 is 1. The summed E-state index contributed by atoms with van der Waals surface area (Å²) in [6.45, 7) is 1.22. The van der Waals surface area contributed by atoms with E-state index in [4.69, 9.17) is 19.2 Å². The first-order valence-electron chi connectivity index (χ1n) is 7.93. The minimum atomic E-state index is 0.608. The first-order chi connectivity index (χ1) is 12.3. The van der Waals surface area contributed by atoms with Crippen LogP contribution in [-0.2, 0) is 5.75 Å². The Bertz CT molecular complexity index is 879. The summed E-state index contributed by atoms with van der Waals surface area (Å²) < 4.78 is 16.5. The maximum absolute atomic E-state index is 5.64. The van der Waals surface area contributed by atoms with Crippen molar-refractivity contribution in [2.45, 2.75) is 10.6 Å². The zero-order chi connectivity index (χ0) is 17.1. The van der Waals surface area contributed by atoms with Crippen LogP contribution in [0.5, 0.6) is 17.2 Å². The van der Waals surface area contributed by atoms with Crippen molar-refractivity contribution in [3.8, 4) is 27.8 Å². The number of hydrogen-bond acceptors (Lipinski definition) is 6. The van der Waals surface area contributed by atoms with Gasteiger partial charge in [-0.25, -0.2) is 4.98 Å². The van der Waals surface area contributed by atoms with Crippen LogP contribution in [-0.4, -0.2) is 25.3 Å². The zero-order valence-electron chi connectivity index (χ0n) is 13.7. The van der Waals surface area contributed by atoms with Crippen molar-refractivity contribution in [2.75, 3.05) is 20.3 Å². The van der Waals surface area contributed by atoms with E-state index in [0.29, 0.717) is 13.2 Å². The van der Waals surface area contributed by atoms with Crippen LogP contribution in [0.2, 0.25) is 0 Å². The highest BCUT2D eigenvalue weighted by atomic mass is 32.2. The second-order valence-electron chi connectivity index (χ2n) is 5.47. The highest BCUT2D eigenvalue weighted by Crippen LogP contribution is 2.35. The van der Waals surface area contributed by atoms with Crippen LogP contribution < -0.4 is 14.2 Å². The minimum absolute atomic E-state index is 0.608. The Labute approximate surface area is 154 Å². The van der Waals surface area contributed by atoms with Gasteiger partial charge >= 0.3 is 0 Å². The summed E-state index contributed by atoms with van der Waals surface area (Å²) in [7, 11) is 1.68. The molecule has 0 spiro atoms. The van der Waals surface area contributed by atoms with E-state index in [1.807, 2.05) is 30.3 Å². The Kier molecular flexibility index (Phi) is 4.81. The molecule has 0 amide bonds. The first-order valence-corrected chi connectivity index (χ1v) is 9.79. The summed E-state index contributed by atoms with van der Waals surface area (Å²) in [6.07, 6.45) is 0. The van der Waals surface area contributed by atoms with Crippen LogP contribution in [0.3, 0.4) is 0 Å². The number of thioether (sulfide) groups is 1. The summed E-state index contributed by atoms with van der Waals surface area (Å²) in [5.41, 5.74) is 2.16. The number of rotatable bonds is 5. The predicted molar refractivity (Wildman–Crippen MR) is 101 cm³/mol. The Hall–Kier alpha value is -2.18. The Morgan fingerprint density at radius 1 is 1.12 bits per heavy atom. The fraction of sp³-hybridized carbons (Fsp3) is 0.211. The van der Waals surface area contributed by atoms with E-state index >= 15 is 0 Å². The van der Waals surface area contributed by atoms with Gasteiger partial charge in [0.15, 0.2) is 11.5 Å². The van der Waals surface area contributed by atoms with Gasteiger partial charge in [0.1, 0.15) is 24.0 Å². The normalized spacial score (nSPS) is 12.8. The second kappa shape index (κ2) is 7.37. The summed E-state index contributed by atoms with van der Waals surface area (Å²) in [5, 5.41) is 3.12. The fourth-order valence-corrected chi connectivity index (χ4v) is 4.27. The van der Waals surface area contributed by atoms with E-state index in [2.05, 4.69) is 17.5 Å². The number of fused-ring (bicyclic) bond motifs is 1. The molecule has 6 heteroatoms. The lowest BCUT2D eigenvalue weighted by molar-refractivity contribution is 0.171. The molecule has 1 aromatic heterocycles. The maximum atomic E-state index is 5.64. The molecule has 4 rings (SSSR count). The summed E-state index contributed by atoms with van der Waals surface area (Å²) in [5.74, 6) is 3.32. The lowest BCUT2D eigenvalue weighted by atomic mass is 10.2. The molecule has 0 saturated carbocycles. The SMILES string of the molecule is COc1cccc(-c2nc(CSc3ccc4c(c3)OCCO4)cs2)c1. The second-order valence-corrected chi connectivity index (χ2v) is 7.38. The maximum Gasteiger partial charge on any atom is 0.162 e. The molecule has 0 radical (unpaired) electrons. The number of hydrogen-bond donors (Lipinski definition) is 0. The standard InChI is InChI=1S/C19H17NO3S2/c1-21-15-4-2-3-13(9-15)19-20-14(12-25-19)11-24-16-5-6-17-18(10-16)23-8-7-22-17/h2-6,9-10,12H,7-8,11H2,1H3. The van der Waals surface area contributed by atoms with Gasteiger partial charge in [-0.2, -0.15) is 0 Å². The summed E-state index contributed by atoms with van der Waals surface area (Å²) >= 11 is 3.40. The molecule has 0 atom stereocenters. The lowest BCUT2D eigenvalue weighted by Gasteiger charge is -2.18. The van der Waals surface area contributed by atoms with Gasteiger partial charge < -0.3 is 14.2 Å². The largest absolute Gasteiger partial charge is 0.497 e. The Balaban J connectivity index is 1.44. The number of thiazole rings is 1. The van der Waals surface area contributed by atoms with Crippen LogP contribution in [0.1, 0.15) is 5.69 Å². The highest BCUT2D eigenvalue weighted by molar-refractivity contribution is 7.98. The molecule has 0 unspecified atom stereocenters. The quantitative estimate of drug-likeness (QED) is 0.598. The number of ether oxygens (including phenoxy) is 3. The first kappa shape index (κ1) is 16.3. The van der Waals surface area contributed by atoms with Gasteiger partial charge in [-0.15, -0.1) is 23.1 Å². The van der Waals surface area contributed by atoms with Crippen molar-refractivity contribution in [2.24, 2.45) is 0 Å². The van der Waals surface area contributed by atoms with Crippen LogP contribution in [0.25, 0.3) is 10.6 Å².